The molecule has 0 unspecified atom stereocenters. The van der Waals surface area contributed by atoms with Crippen LogP contribution < -0.4 is 9.80 Å². The molecule has 5 rings (SSSR count). The number of amides is 3. The van der Waals surface area contributed by atoms with Crippen molar-refractivity contribution >= 4 is 34.8 Å². The van der Waals surface area contributed by atoms with E-state index >= 15 is 0 Å². The predicted octanol–water partition coefficient (Wildman–Crippen LogP) is 4.06. The zero-order valence-electron chi connectivity index (χ0n) is 25.0. The van der Waals surface area contributed by atoms with Gasteiger partial charge in [-0.05, 0) is 35.7 Å². The zero-order chi connectivity index (χ0) is 32.1. The van der Waals surface area contributed by atoms with Crippen molar-refractivity contribution in [2.24, 2.45) is 5.92 Å². The number of aliphatic hydroxyl groups is 2. The molecule has 11 heteroatoms. The van der Waals surface area contributed by atoms with E-state index in [9.17, 15) is 34.7 Å². The summed E-state index contributed by atoms with van der Waals surface area (Å²) in [5, 5.41) is 33.1. The molecule has 11 nitrogen and oxygen atoms in total. The van der Waals surface area contributed by atoms with Crippen LogP contribution in [0.3, 0.4) is 0 Å². The monoisotopic (exact) mass is 612 g/mol. The van der Waals surface area contributed by atoms with E-state index in [1.54, 1.807) is 24.0 Å². The summed E-state index contributed by atoms with van der Waals surface area (Å²) in [6, 6.07) is 20.7. The molecule has 0 radical (unpaired) electrons. The van der Waals surface area contributed by atoms with Gasteiger partial charge in [0.15, 0.2) is 5.60 Å². The first-order valence-electron chi connectivity index (χ1n) is 14.9. The Balaban J connectivity index is 1.35. The Labute approximate surface area is 261 Å². The van der Waals surface area contributed by atoms with Gasteiger partial charge in [0.25, 0.3) is 11.6 Å². The standard InChI is InChI=1S/C34H36N4O7/c1-24(7-5-10-31(40)35(19-20-39)22-25-8-3-2-4-9-25)34(43)29-21-28(38(44)45)16-17-30(29)37(33(34)42)23-26-12-14-27(15-13-26)36-18-6-11-32(36)41/h2-5,7-9,12-17,21,24,39,43H,6,10-11,18-20,22-23H2,1H3/b7-5+/t24-,34+/m1/s1. The highest BCUT2D eigenvalue weighted by Gasteiger charge is 2.53. The third-order valence-electron chi connectivity index (χ3n) is 8.44. The highest BCUT2D eigenvalue weighted by atomic mass is 16.6. The van der Waals surface area contributed by atoms with Crippen LogP contribution in [0.2, 0.25) is 0 Å². The third-order valence-corrected chi connectivity index (χ3v) is 8.44. The first-order chi connectivity index (χ1) is 21.6. The quantitative estimate of drug-likeness (QED) is 0.178. The van der Waals surface area contributed by atoms with Crippen LogP contribution >= 0.6 is 0 Å². The van der Waals surface area contributed by atoms with E-state index in [-0.39, 0.29) is 49.2 Å². The second kappa shape index (κ2) is 13.4. The number of nitro groups is 1. The van der Waals surface area contributed by atoms with Crippen LogP contribution in [0, 0.1) is 16.0 Å². The summed E-state index contributed by atoms with van der Waals surface area (Å²) in [7, 11) is 0. The summed E-state index contributed by atoms with van der Waals surface area (Å²) in [5.41, 5.74) is 0.557. The lowest BCUT2D eigenvalue weighted by Gasteiger charge is -2.28. The predicted molar refractivity (Wildman–Crippen MR) is 168 cm³/mol. The van der Waals surface area contributed by atoms with Crippen molar-refractivity contribution in [3.63, 3.8) is 0 Å². The fraction of sp³-hybridized carbons (Fsp3) is 0.324. The smallest absolute Gasteiger partial charge is 0.269 e. The lowest BCUT2D eigenvalue weighted by molar-refractivity contribution is -0.385. The van der Waals surface area contributed by atoms with Crippen molar-refractivity contribution < 1.29 is 29.5 Å². The Hall–Kier alpha value is -4.87. The van der Waals surface area contributed by atoms with E-state index in [0.717, 1.165) is 23.2 Å². The lowest BCUT2D eigenvalue weighted by atomic mass is 9.82. The fourth-order valence-electron chi connectivity index (χ4n) is 5.95. The zero-order valence-corrected chi connectivity index (χ0v) is 25.0. The molecule has 234 valence electrons. The molecule has 3 aromatic rings. The molecule has 0 aromatic heterocycles. The number of non-ortho nitro benzene ring substituents is 1. The number of carbonyl (C=O) groups excluding carboxylic acids is 3. The largest absolute Gasteiger partial charge is 0.395 e. The molecule has 2 atom stereocenters. The average Bonchev–Trinajstić information content (AvgIpc) is 3.56. The van der Waals surface area contributed by atoms with Crippen LogP contribution in [-0.2, 0) is 33.1 Å². The SMILES string of the molecule is C[C@H](/C=C/CC(=O)N(CCO)Cc1ccccc1)[C@@]1(O)C(=O)N(Cc2ccc(N3CCCC3=O)cc2)c2ccc([N+](=O)[O-])cc21. The van der Waals surface area contributed by atoms with Crippen molar-refractivity contribution in [3.05, 3.63) is 112 Å². The number of anilines is 2. The van der Waals surface area contributed by atoms with Crippen molar-refractivity contribution in [2.45, 2.75) is 44.9 Å². The van der Waals surface area contributed by atoms with Crippen LogP contribution in [0.1, 0.15) is 42.9 Å². The molecule has 0 aliphatic carbocycles. The Morgan fingerprint density at radius 3 is 2.47 bits per heavy atom. The van der Waals surface area contributed by atoms with Gasteiger partial charge in [0.05, 0.1) is 23.8 Å². The first kappa shape index (κ1) is 31.6. The molecule has 1 saturated heterocycles. The highest BCUT2D eigenvalue weighted by molar-refractivity contribution is 6.07. The summed E-state index contributed by atoms with van der Waals surface area (Å²) in [5.74, 6) is -1.64. The Morgan fingerprint density at radius 1 is 1.09 bits per heavy atom. The Morgan fingerprint density at radius 2 is 1.82 bits per heavy atom. The summed E-state index contributed by atoms with van der Waals surface area (Å²) in [6.07, 6.45) is 4.44. The topological polar surface area (TPSA) is 145 Å². The van der Waals surface area contributed by atoms with Crippen molar-refractivity contribution in [1.29, 1.82) is 0 Å². The molecule has 2 aliphatic heterocycles. The van der Waals surface area contributed by atoms with Crippen LogP contribution in [0.15, 0.2) is 84.9 Å². The van der Waals surface area contributed by atoms with E-state index in [2.05, 4.69) is 0 Å². The number of carbonyl (C=O) groups is 3. The Bertz CT molecular complexity index is 1610. The molecule has 1 fully saturated rings. The van der Waals surface area contributed by atoms with Gasteiger partial charge in [0.1, 0.15) is 0 Å². The third kappa shape index (κ3) is 6.50. The minimum atomic E-state index is -2.11. The normalized spacial score (nSPS) is 18.5. The number of hydrogen-bond acceptors (Lipinski definition) is 7. The van der Waals surface area contributed by atoms with E-state index in [1.807, 2.05) is 54.6 Å². The maximum Gasteiger partial charge on any atom is 0.269 e. The summed E-state index contributed by atoms with van der Waals surface area (Å²) >= 11 is 0. The van der Waals surface area contributed by atoms with Crippen LogP contribution in [0.25, 0.3) is 0 Å². The molecule has 45 heavy (non-hydrogen) atoms. The van der Waals surface area contributed by atoms with Crippen molar-refractivity contribution in [2.75, 3.05) is 29.5 Å². The maximum absolute atomic E-state index is 13.9. The number of fused-ring (bicyclic) bond motifs is 1. The van der Waals surface area contributed by atoms with E-state index in [0.29, 0.717) is 25.2 Å². The van der Waals surface area contributed by atoms with Crippen molar-refractivity contribution in [1.82, 2.24) is 4.90 Å². The molecule has 3 aromatic carbocycles. The summed E-state index contributed by atoms with van der Waals surface area (Å²) in [6.45, 7) is 2.67. The highest BCUT2D eigenvalue weighted by Crippen LogP contribution is 2.47. The second-order valence-electron chi connectivity index (χ2n) is 11.4. The van der Waals surface area contributed by atoms with Gasteiger partial charge in [-0.25, -0.2) is 0 Å². The van der Waals surface area contributed by atoms with E-state index in [4.69, 9.17) is 0 Å². The van der Waals surface area contributed by atoms with Gasteiger partial charge in [0.2, 0.25) is 11.8 Å². The molecule has 0 spiro atoms. The van der Waals surface area contributed by atoms with Gasteiger partial charge < -0.3 is 24.9 Å². The molecular weight excluding hydrogens is 576 g/mol. The lowest BCUT2D eigenvalue weighted by Crippen LogP contribution is -2.44. The number of rotatable bonds is 12. The van der Waals surface area contributed by atoms with Gasteiger partial charge in [0, 0.05) is 61.8 Å². The van der Waals surface area contributed by atoms with Gasteiger partial charge in [-0.15, -0.1) is 0 Å². The molecule has 0 saturated carbocycles. The summed E-state index contributed by atoms with van der Waals surface area (Å²) in [4.78, 5) is 54.8. The van der Waals surface area contributed by atoms with Gasteiger partial charge >= 0.3 is 0 Å². The summed E-state index contributed by atoms with van der Waals surface area (Å²) < 4.78 is 0. The number of hydrogen-bond donors (Lipinski definition) is 2. The molecule has 3 amide bonds. The fourth-order valence-corrected chi connectivity index (χ4v) is 5.95. The van der Waals surface area contributed by atoms with Gasteiger partial charge in [-0.1, -0.05) is 61.5 Å². The number of benzene rings is 3. The minimum absolute atomic E-state index is 0.0289. The Kier molecular flexibility index (Phi) is 9.40. The van der Waals surface area contributed by atoms with E-state index in [1.165, 1.54) is 28.0 Å². The van der Waals surface area contributed by atoms with Gasteiger partial charge in [-0.3, -0.25) is 24.5 Å². The van der Waals surface area contributed by atoms with E-state index < -0.39 is 22.3 Å². The number of nitro benzene ring substituents is 1. The van der Waals surface area contributed by atoms with Crippen LogP contribution in [0.4, 0.5) is 17.1 Å². The minimum Gasteiger partial charge on any atom is -0.395 e. The first-order valence-corrected chi connectivity index (χ1v) is 14.9. The molecule has 2 heterocycles. The molecule has 2 N–H and O–H groups in total. The second-order valence-corrected chi connectivity index (χ2v) is 11.4. The number of nitrogens with zero attached hydrogens (tertiary/aromatic N) is 4. The average molecular weight is 613 g/mol. The molecule has 0 bridgehead atoms. The molecule has 2 aliphatic rings. The van der Waals surface area contributed by atoms with Crippen LogP contribution in [0.5, 0.6) is 0 Å². The van der Waals surface area contributed by atoms with Crippen molar-refractivity contribution in [3.8, 4) is 0 Å². The maximum atomic E-state index is 13.9. The van der Waals surface area contributed by atoms with Gasteiger partial charge in [-0.2, -0.15) is 0 Å². The number of aliphatic hydroxyl groups excluding tert-OH is 1. The molecular formula is C34H36N4O7. The van der Waals surface area contributed by atoms with Crippen LogP contribution in [-0.4, -0.2) is 57.5 Å².